The number of rotatable bonds is 4. The second kappa shape index (κ2) is 5.85. The molecular weight excluding hydrogens is 318 g/mol. The molecule has 23 heavy (non-hydrogen) atoms. The molecule has 2 atom stereocenters. The van der Waals surface area contributed by atoms with Crippen LogP contribution in [0.25, 0.3) is 0 Å². The van der Waals surface area contributed by atoms with Gasteiger partial charge in [0, 0.05) is 30.3 Å². The summed E-state index contributed by atoms with van der Waals surface area (Å²) in [5.74, 6) is 0. The third-order valence-corrected chi connectivity index (χ3v) is 6.54. The van der Waals surface area contributed by atoms with Crippen molar-refractivity contribution >= 4 is 15.7 Å². The number of aryl methyl sites for hydroxylation is 2. The van der Waals surface area contributed by atoms with E-state index in [1.165, 1.54) is 12.1 Å². The number of hydrogen-bond donors (Lipinski definition) is 2. The number of benzene rings is 1. The highest BCUT2D eigenvalue weighted by atomic mass is 32.2. The molecule has 1 aromatic rings. The van der Waals surface area contributed by atoms with E-state index >= 15 is 0 Å². The minimum atomic E-state index is -3.68. The van der Waals surface area contributed by atoms with E-state index < -0.39 is 14.9 Å². The van der Waals surface area contributed by atoms with Gasteiger partial charge in [0.25, 0.3) is 5.69 Å². The predicted octanol–water partition coefficient (Wildman–Crippen LogP) is 1.77. The van der Waals surface area contributed by atoms with Crippen LogP contribution in [-0.2, 0) is 10.0 Å². The van der Waals surface area contributed by atoms with Crippen molar-refractivity contribution in [3.8, 4) is 0 Å². The molecule has 2 aliphatic rings. The van der Waals surface area contributed by atoms with Gasteiger partial charge in [-0.05, 0) is 50.7 Å². The van der Waals surface area contributed by atoms with Crippen LogP contribution in [0.1, 0.15) is 36.8 Å². The smallest absolute Gasteiger partial charge is 0.270 e. The highest BCUT2D eigenvalue weighted by Gasteiger charge is 2.36. The summed E-state index contributed by atoms with van der Waals surface area (Å²) < 4.78 is 28.3. The minimum Gasteiger partial charge on any atom is -0.311 e. The van der Waals surface area contributed by atoms with E-state index in [9.17, 15) is 18.5 Å². The summed E-state index contributed by atoms with van der Waals surface area (Å²) in [7, 11) is -3.68. The Morgan fingerprint density at radius 1 is 1.17 bits per heavy atom. The van der Waals surface area contributed by atoms with Gasteiger partial charge in [-0.2, -0.15) is 0 Å². The van der Waals surface area contributed by atoms with Crippen LogP contribution in [0, 0.1) is 24.0 Å². The van der Waals surface area contributed by atoms with E-state index in [1.54, 1.807) is 13.8 Å². The van der Waals surface area contributed by atoms with Gasteiger partial charge in [0.2, 0.25) is 10.0 Å². The number of nitro benzene ring substituents is 1. The van der Waals surface area contributed by atoms with Crippen LogP contribution < -0.4 is 10.0 Å². The molecule has 2 aliphatic heterocycles. The second-order valence-corrected chi connectivity index (χ2v) is 8.24. The lowest BCUT2D eigenvalue weighted by molar-refractivity contribution is -0.385. The van der Waals surface area contributed by atoms with Gasteiger partial charge in [0.15, 0.2) is 0 Å². The summed E-state index contributed by atoms with van der Waals surface area (Å²) in [5.41, 5.74) is 0.723. The molecule has 7 nitrogen and oxygen atoms in total. The maximum Gasteiger partial charge on any atom is 0.270 e. The highest BCUT2D eigenvalue weighted by molar-refractivity contribution is 7.89. The zero-order valence-electron chi connectivity index (χ0n) is 13.2. The molecule has 2 saturated heterocycles. The molecule has 0 aliphatic carbocycles. The maximum atomic E-state index is 12.8. The zero-order valence-corrected chi connectivity index (χ0v) is 14.0. The molecule has 2 unspecified atom stereocenters. The van der Waals surface area contributed by atoms with Crippen molar-refractivity contribution in [2.75, 3.05) is 0 Å². The lowest BCUT2D eigenvalue weighted by atomic mass is 10.0. The van der Waals surface area contributed by atoms with Crippen LogP contribution in [0.15, 0.2) is 17.0 Å². The van der Waals surface area contributed by atoms with Gasteiger partial charge >= 0.3 is 0 Å². The Kier molecular flexibility index (Phi) is 4.16. The van der Waals surface area contributed by atoms with E-state index in [2.05, 4.69) is 10.0 Å². The Balaban J connectivity index is 1.86. The molecule has 1 aromatic carbocycles. The quantitative estimate of drug-likeness (QED) is 0.643. The molecule has 8 heteroatoms. The number of sulfonamides is 1. The van der Waals surface area contributed by atoms with Crippen LogP contribution >= 0.6 is 0 Å². The number of fused-ring (bicyclic) bond motifs is 2. The maximum absolute atomic E-state index is 12.8. The van der Waals surface area contributed by atoms with Gasteiger partial charge in [-0.15, -0.1) is 0 Å². The first-order valence-electron chi connectivity index (χ1n) is 7.80. The van der Waals surface area contributed by atoms with Gasteiger partial charge in [-0.3, -0.25) is 10.1 Å². The fourth-order valence-electron chi connectivity index (χ4n) is 3.89. The minimum absolute atomic E-state index is 0.0762. The van der Waals surface area contributed by atoms with Crippen molar-refractivity contribution in [3.63, 3.8) is 0 Å². The topological polar surface area (TPSA) is 101 Å². The molecule has 0 amide bonds. The average Bonchev–Trinajstić information content (AvgIpc) is 2.76. The fourth-order valence-corrected chi connectivity index (χ4v) is 5.60. The van der Waals surface area contributed by atoms with E-state index in [0.29, 0.717) is 23.2 Å². The lowest BCUT2D eigenvalue weighted by Crippen LogP contribution is -2.48. The van der Waals surface area contributed by atoms with Crippen LogP contribution in [0.4, 0.5) is 5.69 Å². The summed E-state index contributed by atoms with van der Waals surface area (Å²) in [6.07, 6.45) is 3.78. The van der Waals surface area contributed by atoms with Crippen LogP contribution in [0.2, 0.25) is 0 Å². The molecule has 3 rings (SSSR count). The molecule has 2 heterocycles. The molecule has 126 valence electrons. The first kappa shape index (κ1) is 16.4. The molecule has 0 radical (unpaired) electrons. The Labute approximate surface area is 135 Å². The SMILES string of the molecule is Cc1cc([N+](=O)[O-])cc(C)c1S(=O)(=O)NC1CC2CCC(C1)N2. The Hall–Kier alpha value is -1.51. The first-order valence-corrected chi connectivity index (χ1v) is 9.28. The molecule has 0 aromatic heterocycles. The lowest BCUT2D eigenvalue weighted by Gasteiger charge is -2.29. The van der Waals surface area contributed by atoms with Crippen LogP contribution in [0.5, 0.6) is 0 Å². The first-order chi connectivity index (χ1) is 10.8. The molecule has 0 saturated carbocycles. The van der Waals surface area contributed by atoms with Gasteiger partial charge < -0.3 is 5.32 Å². The third kappa shape index (κ3) is 3.24. The number of piperidine rings is 1. The third-order valence-electron chi connectivity index (χ3n) is 4.72. The predicted molar refractivity (Wildman–Crippen MR) is 85.9 cm³/mol. The second-order valence-electron chi connectivity index (χ2n) is 6.59. The Morgan fingerprint density at radius 3 is 2.17 bits per heavy atom. The summed E-state index contributed by atoms with van der Waals surface area (Å²) in [6, 6.07) is 3.33. The Morgan fingerprint density at radius 2 is 1.70 bits per heavy atom. The number of hydrogen-bond acceptors (Lipinski definition) is 5. The van der Waals surface area contributed by atoms with Crippen molar-refractivity contribution in [3.05, 3.63) is 33.4 Å². The number of nitro groups is 1. The molecule has 2 bridgehead atoms. The fraction of sp³-hybridized carbons (Fsp3) is 0.600. The van der Waals surface area contributed by atoms with Gasteiger partial charge in [-0.25, -0.2) is 13.1 Å². The molecule has 2 N–H and O–H groups in total. The molecule has 2 fully saturated rings. The van der Waals surface area contributed by atoms with Crippen molar-refractivity contribution in [1.29, 1.82) is 0 Å². The van der Waals surface area contributed by atoms with Crippen LogP contribution in [-0.4, -0.2) is 31.5 Å². The van der Waals surface area contributed by atoms with Gasteiger partial charge in [-0.1, -0.05) is 0 Å². The zero-order chi connectivity index (χ0) is 16.8. The summed E-state index contributed by atoms with van der Waals surface area (Å²) in [6.45, 7) is 3.20. The van der Waals surface area contributed by atoms with E-state index in [-0.39, 0.29) is 16.6 Å². The van der Waals surface area contributed by atoms with E-state index in [4.69, 9.17) is 0 Å². The number of nitrogens with zero attached hydrogens (tertiary/aromatic N) is 1. The monoisotopic (exact) mass is 339 g/mol. The average molecular weight is 339 g/mol. The molecular formula is C15H21N3O4S. The van der Waals surface area contributed by atoms with Crippen molar-refractivity contribution in [2.24, 2.45) is 0 Å². The van der Waals surface area contributed by atoms with Gasteiger partial charge in [0.05, 0.1) is 9.82 Å². The van der Waals surface area contributed by atoms with Gasteiger partial charge in [0.1, 0.15) is 0 Å². The largest absolute Gasteiger partial charge is 0.311 e. The highest BCUT2D eigenvalue weighted by Crippen LogP contribution is 2.30. The van der Waals surface area contributed by atoms with Crippen molar-refractivity contribution in [2.45, 2.75) is 62.6 Å². The van der Waals surface area contributed by atoms with Crippen molar-refractivity contribution in [1.82, 2.24) is 10.0 Å². The normalized spacial score (nSPS) is 27.1. The standard InChI is InChI=1S/C15H21N3O4S/c1-9-5-14(18(19)20)6-10(2)15(9)23(21,22)17-13-7-11-3-4-12(8-13)16-11/h5-6,11-13,16-17H,3-4,7-8H2,1-2H3. The Bertz CT molecular complexity index is 712. The number of nitrogens with one attached hydrogen (secondary N) is 2. The van der Waals surface area contributed by atoms with E-state index in [1.807, 2.05) is 0 Å². The molecule has 0 spiro atoms. The summed E-state index contributed by atoms with van der Waals surface area (Å²) >= 11 is 0. The van der Waals surface area contributed by atoms with Crippen LogP contribution in [0.3, 0.4) is 0 Å². The summed E-state index contributed by atoms with van der Waals surface area (Å²) in [4.78, 5) is 10.6. The number of non-ortho nitro benzene ring substituents is 1. The van der Waals surface area contributed by atoms with E-state index in [0.717, 1.165) is 25.7 Å². The van der Waals surface area contributed by atoms with Crippen molar-refractivity contribution < 1.29 is 13.3 Å². The summed E-state index contributed by atoms with van der Waals surface area (Å²) in [5, 5.41) is 14.4.